The molecular formula is C22H26N4O2S. The second-order valence-corrected chi connectivity index (χ2v) is 8.27. The Labute approximate surface area is 175 Å². The number of likely N-dealkylation sites (N-methyl/N-ethyl adjacent to an activating group) is 1. The van der Waals surface area contributed by atoms with Crippen LogP contribution in [-0.2, 0) is 0 Å². The van der Waals surface area contributed by atoms with Crippen LogP contribution in [0.25, 0.3) is 10.8 Å². The molecule has 1 aliphatic heterocycles. The molecule has 0 atom stereocenters. The summed E-state index contributed by atoms with van der Waals surface area (Å²) in [5.41, 5.74) is 2.69. The van der Waals surface area contributed by atoms with Gasteiger partial charge in [0.15, 0.2) is 10.8 Å². The van der Waals surface area contributed by atoms with Gasteiger partial charge in [0.05, 0.1) is 5.69 Å². The van der Waals surface area contributed by atoms with Crippen LogP contribution in [-0.4, -0.2) is 48.5 Å². The predicted molar refractivity (Wildman–Crippen MR) is 118 cm³/mol. The van der Waals surface area contributed by atoms with E-state index < -0.39 is 0 Å². The van der Waals surface area contributed by atoms with Gasteiger partial charge in [-0.15, -0.1) is 11.3 Å². The average Bonchev–Trinajstić information content (AvgIpc) is 3.34. The van der Waals surface area contributed by atoms with E-state index in [1.54, 1.807) is 0 Å². The van der Waals surface area contributed by atoms with Gasteiger partial charge < -0.3 is 19.5 Å². The molecule has 3 aromatic rings. The summed E-state index contributed by atoms with van der Waals surface area (Å²) in [6.07, 6.45) is 0. The van der Waals surface area contributed by atoms with Crippen molar-refractivity contribution in [2.45, 2.75) is 20.8 Å². The molecule has 0 radical (unpaired) electrons. The number of hydrogen-bond acceptors (Lipinski definition) is 6. The molecule has 0 bridgehead atoms. The topological polar surface area (TPSA) is 61.6 Å². The number of thiazole rings is 1. The van der Waals surface area contributed by atoms with Crippen LogP contribution >= 0.6 is 11.3 Å². The maximum absolute atomic E-state index is 12.8. The highest BCUT2D eigenvalue weighted by atomic mass is 32.1. The van der Waals surface area contributed by atoms with E-state index in [-0.39, 0.29) is 5.91 Å². The fourth-order valence-corrected chi connectivity index (χ4v) is 4.45. The van der Waals surface area contributed by atoms with E-state index in [1.165, 1.54) is 17.0 Å². The fourth-order valence-electron chi connectivity index (χ4n) is 3.53. The van der Waals surface area contributed by atoms with Gasteiger partial charge >= 0.3 is 0 Å². The first-order chi connectivity index (χ1) is 14.0. The normalized spacial score (nSPS) is 14.9. The molecule has 2 aromatic heterocycles. The fraction of sp³-hybridized carbons (Fsp3) is 0.364. The molecule has 152 valence electrons. The lowest BCUT2D eigenvalue weighted by molar-refractivity contribution is 0.103. The maximum Gasteiger partial charge on any atom is 0.267 e. The molecule has 0 saturated carbocycles. The zero-order valence-electron chi connectivity index (χ0n) is 17.1. The van der Waals surface area contributed by atoms with Crippen LogP contribution in [0.1, 0.15) is 28.0 Å². The van der Waals surface area contributed by atoms with Crippen molar-refractivity contribution in [2.24, 2.45) is 0 Å². The lowest BCUT2D eigenvalue weighted by Crippen LogP contribution is -2.46. The van der Waals surface area contributed by atoms with Crippen LogP contribution in [0, 0.1) is 13.8 Å². The number of benzene rings is 1. The van der Waals surface area contributed by atoms with Crippen LogP contribution in [0.3, 0.4) is 0 Å². The van der Waals surface area contributed by atoms with Crippen LogP contribution in [0.15, 0.2) is 40.8 Å². The number of anilines is 2. The summed E-state index contributed by atoms with van der Waals surface area (Å²) in [7, 11) is 0. The van der Waals surface area contributed by atoms with E-state index in [2.05, 4.69) is 39.2 Å². The molecule has 1 aromatic carbocycles. The molecule has 1 amide bonds. The molecule has 7 heteroatoms. The zero-order chi connectivity index (χ0) is 20.4. The Hall–Kier alpha value is -2.64. The van der Waals surface area contributed by atoms with E-state index in [0.717, 1.165) is 49.2 Å². The summed E-state index contributed by atoms with van der Waals surface area (Å²) in [4.78, 5) is 22.7. The third kappa shape index (κ3) is 4.36. The molecule has 29 heavy (non-hydrogen) atoms. The van der Waals surface area contributed by atoms with Crippen LogP contribution in [0.2, 0.25) is 0 Å². The molecule has 0 unspecified atom stereocenters. The molecule has 0 spiro atoms. The molecule has 1 saturated heterocycles. The second-order valence-electron chi connectivity index (χ2n) is 7.27. The van der Waals surface area contributed by atoms with Gasteiger partial charge in [-0.25, -0.2) is 4.98 Å². The Kier molecular flexibility index (Phi) is 5.69. The van der Waals surface area contributed by atoms with Gasteiger partial charge in [-0.2, -0.15) is 0 Å². The molecule has 4 rings (SSSR count). The summed E-state index contributed by atoms with van der Waals surface area (Å²) in [5, 5.41) is 3.71. The summed E-state index contributed by atoms with van der Waals surface area (Å²) in [6.45, 7) is 11.3. The Morgan fingerprint density at radius 1 is 1.10 bits per heavy atom. The van der Waals surface area contributed by atoms with Crippen LogP contribution in [0.5, 0.6) is 0 Å². The number of carbonyl (C=O) groups excluding carboxylic acids is 1. The summed E-state index contributed by atoms with van der Waals surface area (Å²) in [6, 6.07) is 11.9. The smallest absolute Gasteiger partial charge is 0.267 e. The number of hydrogen-bond donors (Lipinski definition) is 1. The molecule has 6 nitrogen and oxygen atoms in total. The molecule has 1 fully saturated rings. The number of carbonyl (C=O) groups is 1. The molecule has 1 aliphatic rings. The lowest BCUT2D eigenvalue weighted by atomic mass is 10.2. The first-order valence-electron chi connectivity index (χ1n) is 9.96. The van der Waals surface area contributed by atoms with Crippen LogP contribution < -0.4 is 10.2 Å². The number of aryl methyl sites for hydroxylation is 2. The van der Waals surface area contributed by atoms with Crippen molar-refractivity contribution in [1.29, 1.82) is 0 Å². The van der Waals surface area contributed by atoms with E-state index in [0.29, 0.717) is 16.3 Å². The monoisotopic (exact) mass is 410 g/mol. The van der Waals surface area contributed by atoms with E-state index in [4.69, 9.17) is 4.42 Å². The highest BCUT2D eigenvalue weighted by Gasteiger charge is 2.19. The first kappa shape index (κ1) is 19.7. The summed E-state index contributed by atoms with van der Waals surface area (Å²) >= 11 is 1.35. The van der Waals surface area contributed by atoms with Crippen molar-refractivity contribution in [1.82, 2.24) is 9.88 Å². The van der Waals surface area contributed by atoms with Gasteiger partial charge in [-0.3, -0.25) is 4.79 Å². The van der Waals surface area contributed by atoms with Gasteiger partial charge in [0, 0.05) is 37.6 Å². The van der Waals surface area contributed by atoms with Gasteiger partial charge in [0.1, 0.15) is 10.6 Å². The molecule has 3 heterocycles. The van der Waals surface area contributed by atoms with E-state index in [9.17, 15) is 4.79 Å². The van der Waals surface area contributed by atoms with Crippen molar-refractivity contribution in [3.63, 3.8) is 0 Å². The Balaban J connectivity index is 1.42. The summed E-state index contributed by atoms with van der Waals surface area (Å²) in [5.74, 6) is 1.39. The average molecular weight is 411 g/mol. The van der Waals surface area contributed by atoms with Crippen molar-refractivity contribution < 1.29 is 9.21 Å². The minimum absolute atomic E-state index is 0.140. The number of furan rings is 1. The van der Waals surface area contributed by atoms with Gasteiger partial charge in [-0.1, -0.05) is 6.92 Å². The highest BCUT2D eigenvalue weighted by Crippen LogP contribution is 2.30. The Morgan fingerprint density at radius 3 is 2.45 bits per heavy atom. The number of nitrogens with one attached hydrogen (secondary N) is 1. The minimum atomic E-state index is -0.140. The standard InChI is InChI=1S/C22H26N4O2S/c1-4-25-11-13-26(14-12-25)18-8-6-17(7-9-18)24-21(27)20-16(3)23-22(29-20)19-10-5-15(2)28-19/h5-10H,4,11-14H2,1-3H3,(H,24,27). The van der Waals surface area contributed by atoms with E-state index >= 15 is 0 Å². The number of aromatic nitrogens is 1. The van der Waals surface area contributed by atoms with Gasteiger partial charge in [-0.05, 0) is 56.8 Å². The Bertz CT molecular complexity index is 985. The van der Waals surface area contributed by atoms with Gasteiger partial charge in [0.2, 0.25) is 0 Å². The predicted octanol–water partition coefficient (Wildman–Crippen LogP) is 4.41. The maximum atomic E-state index is 12.8. The number of amides is 1. The number of nitrogens with zero attached hydrogens (tertiary/aromatic N) is 3. The number of piperazine rings is 1. The van der Waals surface area contributed by atoms with Crippen molar-refractivity contribution in [3.8, 4) is 10.8 Å². The first-order valence-corrected chi connectivity index (χ1v) is 10.8. The Morgan fingerprint density at radius 2 is 1.83 bits per heavy atom. The van der Waals surface area contributed by atoms with E-state index in [1.807, 2.05) is 38.1 Å². The molecule has 0 aliphatic carbocycles. The second kappa shape index (κ2) is 8.39. The lowest BCUT2D eigenvalue weighted by Gasteiger charge is -2.35. The zero-order valence-corrected chi connectivity index (χ0v) is 17.9. The summed E-state index contributed by atoms with van der Waals surface area (Å²) < 4.78 is 5.63. The van der Waals surface area contributed by atoms with Crippen molar-refractivity contribution in [2.75, 3.05) is 42.9 Å². The largest absolute Gasteiger partial charge is 0.459 e. The minimum Gasteiger partial charge on any atom is -0.459 e. The molecule has 1 N–H and O–H groups in total. The van der Waals surface area contributed by atoms with Crippen LogP contribution in [0.4, 0.5) is 11.4 Å². The molecular weight excluding hydrogens is 384 g/mol. The highest BCUT2D eigenvalue weighted by molar-refractivity contribution is 7.17. The SMILES string of the molecule is CCN1CCN(c2ccc(NC(=O)c3sc(-c4ccc(C)o4)nc3C)cc2)CC1. The third-order valence-corrected chi connectivity index (χ3v) is 6.43. The van der Waals surface area contributed by atoms with Crippen molar-refractivity contribution >= 4 is 28.6 Å². The van der Waals surface area contributed by atoms with Gasteiger partial charge in [0.25, 0.3) is 5.91 Å². The van der Waals surface area contributed by atoms with Crippen molar-refractivity contribution in [3.05, 3.63) is 52.7 Å². The third-order valence-electron chi connectivity index (χ3n) is 5.26. The quantitative estimate of drug-likeness (QED) is 0.675. The number of rotatable bonds is 5.